The zero-order valence-electron chi connectivity index (χ0n) is 11.2. The summed E-state index contributed by atoms with van der Waals surface area (Å²) < 4.78 is 34.1. The van der Waals surface area contributed by atoms with Crippen LogP contribution in [-0.4, -0.2) is 14.0 Å². The fraction of sp³-hybridized carbons (Fsp3) is 0.333. The Morgan fingerprint density at radius 1 is 1.55 bits per heavy atom. The molecule has 1 aromatic rings. The molecule has 0 heterocycles. The van der Waals surface area contributed by atoms with Gasteiger partial charge in [-0.3, -0.25) is 0 Å². The van der Waals surface area contributed by atoms with Crippen LogP contribution in [0.3, 0.4) is 0 Å². The van der Waals surface area contributed by atoms with E-state index in [0.717, 1.165) is 29.6 Å². The van der Waals surface area contributed by atoms with Crippen LogP contribution >= 0.6 is 11.6 Å². The van der Waals surface area contributed by atoms with Gasteiger partial charge in [0.2, 0.25) is 0 Å². The Labute approximate surface area is 125 Å². The van der Waals surface area contributed by atoms with Crippen molar-refractivity contribution >= 4 is 33.8 Å². The maximum Gasteiger partial charge on any atom is 0.159 e. The molecular weight excluding hydrogens is 299 g/mol. The van der Waals surface area contributed by atoms with Gasteiger partial charge in [-0.15, -0.1) is 0 Å². The molecule has 0 bridgehead atoms. The van der Waals surface area contributed by atoms with E-state index in [-0.39, 0.29) is 10.3 Å². The topological polar surface area (TPSA) is 37.3 Å². The summed E-state index contributed by atoms with van der Waals surface area (Å²) in [5.74, 6) is -0.480. The van der Waals surface area contributed by atoms with Gasteiger partial charge in [0.1, 0.15) is 5.82 Å². The molecule has 0 fully saturated rings. The Bertz CT molecular complexity index is 610. The molecule has 1 aliphatic carbocycles. The number of rotatable bonds is 3. The molecule has 2 unspecified atom stereocenters. The van der Waals surface area contributed by atoms with Gasteiger partial charge >= 0.3 is 0 Å². The lowest BCUT2D eigenvalue weighted by molar-refractivity contribution is 0.547. The smallest absolute Gasteiger partial charge is 0.159 e. The quantitative estimate of drug-likeness (QED) is 0.823. The zero-order chi connectivity index (χ0) is 14.9. The first kappa shape index (κ1) is 15.4. The van der Waals surface area contributed by atoms with Crippen LogP contribution in [0.5, 0.6) is 0 Å². The van der Waals surface area contributed by atoms with Gasteiger partial charge < -0.3 is 4.55 Å². The molecule has 2 rings (SSSR count). The number of hydrogen-bond acceptors (Lipinski definition) is 1. The van der Waals surface area contributed by atoms with Crippen LogP contribution in [0.2, 0.25) is 5.02 Å². The second-order valence-corrected chi connectivity index (χ2v) is 6.56. The highest BCUT2D eigenvalue weighted by Gasteiger charge is 2.21. The van der Waals surface area contributed by atoms with E-state index < -0.39 is 16.9 Å². The van der Waals surface area contributed by atoms with E-state index in [1.54, 1.807) is 19.1 Å². The van der Waals surface area contributed by atoms with Crippen molar-refractivity contribution < 1.29 is 13.2 Å². The molecule has 20 heavy (non-hydrogen) atoms. The van der Waals surface area contributed by atoms with E-state index >= 15 is 0 Å². The molecular formula is C15H16ClFO2S. The molecule has 0 saturated carbocycles. The van der Waals surface area contributed by atoms with Gasteiger partial charge in [0.05, 0.1) is 10.3 Å². The Hall–Kier alpha value is -0.970. The van der Waals surface area contributed by atoms with Crippen LogP contribution in [0.25, 0.3) is 11.1 Å². The Morgan fingerprint density at radius 2 is 2.25 bits per heavy atom. The van der Waals surface area contributed by atoms with Crippen molar-refractivity contribution in [3.8, 4) is 0 Å². The van der Waals surface area contributed by atoms with Gasteiger partial charge in [-0.25, -0.2) is 8.60 Å². The molecule has 0 spiro atoms. The lowest BCUT2D eigenvalue weighted by Gasteiger charge is -2.21. The van der Waals surface area contributed by atoms with E-state index in [4.69, 9.17) is 11.6 Å². The molecule has 0 saturated heterocycles. The summed E-state index contributed by atoms with van der Waals surface area (Å²) in [6, 6.07) is 2.95. The molecule has 0 aliphatic heterocycles. The summed E-state index contributed by atoms with van der Waals surface area (Å²) in [6.45, 7) is 5.66. The second-order valence-electron chi connectivity index (χ2n) is 4.99. The van der Waals surface area contributed by atoms with Crippen molar-refractivity contribution in [3.63, 3.8) is 0 Å². The Morgan fingerprint density at radius 3 is 2.85 bits per heavy atom. The number of benzene rings is 1. The molecule has 0 radical (unpaired) electrons. The second kappa shape index (κ2) is 6.20. The minimum Gasteiger partial charge on any atom is -0.306 e. The first-order valence-electron chi connectivity index (χ1n) is 6.35. The monoisotopic (exact) mass is 314 g/mol. The van der Waals surface area contributed by atoms with Gasteiger partial charge in [-0.1, -0.05) is 29.8 Å². The van der Waals surface area contributed by atoms with E-state index in [0.29, 0.717) is 12.0 Å². The Balaban J connectivity index is 2.54. The van der Waals surface area contributed by atoms with Crippen molar-refractivity contribution in [1.29, 1.82) is 0 Å². The summed E-state index contributed by atoms with van der Waals surface area (Å²) in [5.41, 5.74) is 3.17. The van der Waals surface area contributed by atoms with E-state index in [1.165, 1.54) is 6.07 Å². The van der Waals surface area contributed by atoms with Gasteiger partial charge in [0.15, 0.2) is 11.1 Å². The molecule has 5 heteroatoms. The summed E-state index contributed by atoms with van der Waals surface area (Å²) >= 11 is 3.99. The molecule has 1 aliphatic rings. The van der Waals surface area contributed by atoms with Crippen LogP contribution in [0.4, 0.5) is 4.39 Å². The number of halogens is 2. The maximum atomic E-state index is 13.6. The normalized spacial score (nSPS) is 20.4. The van der Waals surface area contributed by atoms with Gasteiger partial charge in [0.25, 0.3) is 0 Å². The van der Waals surface area contributed by atoms with Crippen molar-refractivity contribution in [2.75, 3.05) is 0 Å². The standard InChI is InChI=1S/C15H16ClFO2S/c1-9(2)12-8-15(17)14(16)7-13(12)10-4-3-5-11(6-10)20(18)19/h6-8,11H,1,3-5H2,2H3,(H,18,19). The van der Waals surface area contributed by atoms with Gasteiger partial charge in [-0.2, -0.15) is 0 Å². The fourth-order valence-corrected chi connectivity index (χ4v) is 3.25. The average Bonchev–Trinajstić information content (AvgIpc) is 2.41. The summed E-state index contributed by atoms with van der Waals surface area (Å²) in [7, 11) is 0. The van der Waals surface area contributed by atoms with Crippen LogP contribution in [0.15, 0.2) is 24.8 Å². The highest BCUT2D eigenvalue weighted by molar-refractivity contribution is 7.80. The predicted molar refractivity (Wildman–Crippen MR) is 82.5 cm³/mol. The third kappa shape index (κ3) is 3.19. The van der Waals surface area contributed by atoms with E-state index in [1.807, 2.05) is 0 Å². The summed E-state index contributed by atoms with van der Waals surface area (Å²) in [5, 5.41) is -0.321. The number of allylic oxidation sites excluding steroid dienone is 2. The number of hydrogen-bond donors (Lipinski definition) is 1. The van der Waals surface area contributed by atoms with E-state index in [9.17, 15) is 13.2 Å². The zero-order valence-corrected chi connectivity index (χ0v) is 12.7. The lowest BCUT2D eigenvalue weighted by Crippen LogP contribution is -2.15. The molecule has 1 N–H and O–H groups in total. The lowest BCUT2D eigenvalue weighted by atomic mass is 9.88. The maximum absolute atomic E-state index is 13.6. The first-order valence-corrected chi connectivity index (χ1v) is 7.90. The molecule has 0 aromatic heterocycles. The van der Waals surface area contributed by atoms with Crippen LogP contribution in [-0.2, 0) is 11.1 Å². The van der Waals surface area contributed by atoms with Crippen molar-refractivity contribution in [3.05, 3.63) is 46.8 Å². The molecule has 0 amide bonds. The van der Waals surface area contributed by atoms with E-state index in [2.05, 4.69) is 6.58 Å². The van der Waals surface area contributed by atoms with Crippen molar-refractivity contribution in [2.45, 2.75) is 31.4 Å². The van der Waals surface area contributed by atoms with Crippen LogP contribution in [0, 0.1) is 5.82 Å². The molecule has 108 valence electrons. The van der Waals surface area contributed by atoms with Crippen LogP contribution < -0.4 is 0 Å². The van der Waals surface area contributed by atoms with Crippen molar-refractivity contribution in [2.24, 2.45) is 0 Å². The minimum absolute atomic E-state index is 0.0538. The minimum atomic E-state index is -1.88. The average molecular weight is 315 g/mol. The highest BCUT2D eigenvalue weighted by Crippen LogP contribution is 2.35. The first-order chi connectivity index (χ1) is 9.40. The third-order valence-corrected chi connectivity index (χ3v) is 4.63. The van der Waals surface area contributed by atoms with Gasteiger partial charge in [-0.05, 0) is 55.0 Å². The summed E-state index contributed by atoms with van der Waals surface area (Å²) in [4.78, 5) is 0. The highest BCUT2D eigenvalue weighted by atomic mass is 35.5. The SMILES string of the molecule is C=C(C)c1cc(F)c(Cl)cc1C1=CC(S(=O)O)CCC1. The predicted octanol–water partition coefficient (Wildman–Crippen LogP) is 4.67. The molecule has 1 aromatic carbocycles. The summed E-state index contributed by atoms with van der Waals surface area (Å²) in [6.07, 6.45) is 4.10. The van der Waals surface area contributed by atoms with Gasteiger partial charge in [0, 0.05) is 0 Å². The molecule has 2 atom stereocenters. The fourth-order valence-electron chi connectivity index (χ4n) is 2.43. The van der Waals surface area contributed by atoms with Crippen molar-refractivity contribution in [1.82, 2.24) is 0 Å². The molecule has 2 nitrogen and oxygen atoms in total. The largest absolute Gasteiger partial charge is 0.306 e. The Kier molecular flexibility index (Phi) is 4.78. The third-order valence-electron chi connectivity index (χ3n) is 3.45. The van der Waals surface area contributed by atoms with Crippen LogP contribution in [0.1, 0.15) is 37.3 Å².